The first-order valence-corrected chi connectivity index (χ1v) is 15.0. The molecule has 4 aromatic carbocycles. The molecule has 0 radical (unpaired) electrons. The van der Waals surface area contributed by atoms with Crippen LogP contribution < -0.4 is 20.6 Å². The maximum Gasteiger partial charge on any atom is 0.275 e. The largest absolute Gasteiger partial charge is 0.490 e. The van der Waals surface area contributed by atoms with Gasteiger partial charge in [-0.3, -0.25) is 19.8 Å². The molecule has 0 amide bonds. The van der Waals surface area contributed by atoms with Crippen LogP contribution in [0.4, 0.5) is 0 Å². The van der Waals surface area contributed by atoms with Gasteiger partial charge in [-0.1, -0.05) is 72.3 Å². The number of ether oxygens (including phenoxy) is 2. The molecular weight excluding hydrogens is 564 g/mol. The van der Waals surface area contributed by atoms with Gasteiger partial charge in [0.2, 0.25) is 0 Å². The van der Waals surface area contributed by atoms with E-state index < -0.39 is 5.92 Å². The van der Waals surface area contributed by atoms with E-state index >= 15 is 0 Å². The first kappa shape index (κ1) is 29.6. The van der Waals surface area contributed by atoms with Gasteiger partial charge in [-0.25, -0.2) is 9.36 Å². The Morgan fingerprint density at radius 1 is 0.644 bits per heavy atom. The highest BCUT2D eigenvalue weighted by molar-refractivity contribution is 5.52. The zero-order chi connectivity index (χ0) is 31.5. The van der Waals surface area contributed by atoms with E-state index in [4.69, 9.17) is 9.47 Å². The minimum Gasteiger partial charge on any atom is -0.490 e. The number of hydrogen-bond acceptors (Lipinski definition) is 4. The maximum atomic E-state index is 14.2. The molecule has 45 heavy (non-hydrogen) atoms. The molecule has 0 unspecified atom stereocenters. The van der Waals surface area contributed by atoms with Crippen molar-refractivity contribution in [2.45, 2.75) is 40.2 Å². The van der Waals surface area contributed by atoms with Crippen LogP contribution in [0, 0.1) is 20.8 Å². The van der Waals surface area contributed by atoms with Gasteiger partial charge in [0.1, 0.15) is 6.61 Å². The lowest BCUT2D eigenvalue weighted by Crippen LogP contribution is -2.25. The Hall–Kier alpha value is -5.50. The summed E-state index contributed by atoms with van der Waals surface area (Å²) in [6, 6.07) is 32.7. The normalized spacial score (nSPS) is 11.2. The second-order valence-corrected chi connectivity index (χ2v) is 11.1. The number of aromatic nitrogens is 4. The Morgan fingerprint density at radius 3 is 1.69 bits per heavy atom. The van der Waals surface area contributed by atoms with Crippen LogP contribution >= 0.6 is 0 Å². The van der Waals surface area contributed by atoms with Crippen LogP contribution in [0.2, 0.25) is 0 Å². The number of aromatic amines is 2. The Morgan fingerprint density at radius 2 is 1.18 bits per heavy atom. The van der Waals surface area contributed by atoms with Gasteiger partial charge in [0.15, 0.2) is 11.5 Å². The Bertz CT molecular complexity index is 1940. The van der Waals surface area contributed by atoms with Crippen molar-refractivity contribution in [2.75, 3.05) is 6.61 Å². The molecule has 6 rings (SSSR count). The lowest BCUT2D eigenvalue weighted by Gasteiger charge is -2.19. The van der Waals surface area contributed by atoms with E-state index in [2.05, 4.69) is 29.3 Å². The number of benzene rings is 4. The first-order valence-electron chi connectivity index (χ1n) is 15.0. The topological polar surface area (TPSA) is 94.0 Å². The van der Waals surface area contributed by atoms with E-state index in [1.807, 2.05) is 112 Å². The highest BCUT2D eigenvalue weighted by Gasteiger charge is 2.31. The molecule has 0 fully saturated rings. The first-order chi connectivity index (χ1) is 21.9. The summed E-state index contributed by atoms with van der Waals surface area (Å²) in [6.45, 7) is 8.49. The van der Waals surface area contributed by atoms with Crippen molar-refractivity contribution in [1.29, 1.82) is 0 Å². The van der Waals surface area contributed by atoms with Gasteiger partial charge >= 0.3 is 0 Å². The SMILES string of the molecule is CCOc1cc(C(c2c(C)[nH]n(-c3ccccc3)c2=O)c2c(C)[nH]n(-c3ccccc3)c2=O)ccc1OCc1ccc(C)cc1. The van der Waals surface area contributed by atoms with Gasteiger partial charge in [-0.05, 0) is 75.2 Å². The molecule has 8 heteroatoms. The van der Waals surface area contributed by atoms with Crippen molar-refractivity contribution >= 4 is 0 Å². The number of aryl methyl sites for hydroxylation is 3. The quantitative estimate of drug-likeness (QED) is 0.182. The number of H-pyrrole nitrogens is 2. The van der Waals surface area contributed by atoms with E-state index in [-0.39, 0.29) is 11.1 Å². The van der Waals surface area contributed by atoms with E-state index in [1.54, 1.807) is 0 Å². The third-order valence-corrected chi connectivity index (χ3v) is 7.96. The predicted octanol–water partition coefficient (Wildman–Crippen LogP) is 6.73. The summed E-state index contributed by atoms with van der Waals surface area (Å²) in [5, 5.41) is 6.50. The molecule has 0 aliphatic heterocycles. The molecule has 2 aromatic heterocycles. The molecule has 0 atom stereocenters. The van der Waals surface area contributed by atoms with Crippen molar-refractivity contribution in [1.82, 2.24) is 19.6 Å². The van der Waals surface area contributed by atoms with Crippen LogP contribution in [-0.4, -0.2) is 26.2 Å². The Balaban J connectivity index is 1.51. The van der Waals surface area contributed by atoms with Crippen molar-refractivity contribution in [3.63, 3.8) is 0 Å². The standard InChI is InChI=1S/C37H36N4O4/c1-5-44-32-22-28(20-21-31(32)45-23-27-18-16-24(2)17-19-27)35(33-25(3)38-40(36(33)42)29-12-8-6-9-13-29)34-26(4)39-41(37(34)43)30-14-10-7-11-15-30/h6-22,35,38-39H,5,23H2,1-4H3. The average molecular weight is 601 g/mol. The van der Waals surface area contributed by atoms with Crippen LogP contribution in [0.1, 0.15) is 52.0 Å². The number of hydrogen-bond donors (Lipinski definition) is 2. The molecule has 0 bridgehead atoms. The van der Waals surface area contributed by atoms with Crippen molar-refractivity contribution < 1.29 is 9.47 Å². The Kier molecular flexibility index (Phi) is 8.29. The lowest BCUT2D eigenvalue weighted by atomic mass is 9.85. The fourth-order valence-electron chi connectivity index (χ4n) is 5.73. The third kappa shape index (κ3) is 5.87. The zero-order valence-corrected chi connectivity index (χ0v) is 25.8. The van der Waals surface area contributed by atoms with Crippen LogP contribution in [-0.2, 0) is 6.61 Å². The van der Waals surface area contributed by atoms with Crippen LogP contribution in [0.25, 0.3) is 11.4 Å². The molecule has 0 saturated carbocycles. The van der Waals surface area contributed by atoms with Crippen molar-refractivity contribution in [3.05, 3.63) is 163 Å². The molecule has 6 aromatic rings. The lowest BCUT2D eigenvalue weighted by molar-refractivity contribution is 0.269. The third-order valence-electron chi connectivity index (χ3n) is 7.96. The monoisotopic (exact) mass is 600 g/mol. The molecular formula is C37H36N4O4. The van der Waals surface area contributed by atoms with Gasteiger partial charge in [0.05, 0.1) is 29.1 Å². The van der Waals surface area contributed by atoms with E-state index in [0.717, 1.165) is 11.1 Å². The minimum atomic E-state index is -0.697. The molecule has 228 valence electrons. The average Bonchev–Trinajstić information content (AvgIpc) is 3.52. The van der Waals surface area contributed by atoms with Crippen LogP contribution in [0.3, 0.4) is 0 Å². The van der Waals surface area contributed by atoms with Crippen molar-refractivity contribution in [3.8, 4) is 22.9 Å². The minimum absolute atomic E-state index is 0.229. The smallest absolute Gasteiger partial charge is 0.275 e. The summed E-state index contributed by atoms with van der Waals surface area (Å²) in [5.41, 5.74) is 6.20. The highest BCUT2D eigenvalue weighted by atomic mass is 16.5. The predicted molar refractivity (Wildman–Crippen MR) is 176 cm³/mol. The highest BCUT2D eigenvalue weighted by Crippen LogP contribution is 2.38. The number of para-hydroxylation sites is 2. The molecule has 2 heterocycles. The molecule has 2 N–H and O–H groups in total. The summed E-state index contributed by atoms with van der Waals surface area (Å²) in [6.07, 6.45) is 0. The van der Waals surface area contributed by atoms with Gasteiger partial charge in [-0.15, -0.1) is 0 Å². The number of rotatable bonds is 10. The van der Waals surface area contributed by atoms with E-state index in [0.29, 0.717) is 58.6 Å². The van der Waals surface area contributed by atoms with Gasteiger partial charge in [-0.2, -0.15) is 0 Å². The van der Waals surface area contributed by atoms with E-state index in [1.165, 1.54) is 14.9 Å². The Labute approximate surface area is 261 Å². The second kappa shape index (κ2) is 12.6. The van der Waals surface area contributed by atoms with Gasteiger partial charge in [0, 0.05) is 17.3 Å². The molecule has 0 saturated heterocycles. The fraction of sp³-hybridized carbons (Fsp3) is 0.189. The van der Waals surface area contributed by atoms with Crippen LogP contribution in [0.5, 0.6) is 11.5 Å². The van der Waals surface area contributed by atoms with Crippen LogP contribution in [0.15, 0.2) is 113 Å². The molecule has 8 nitrogen and oxygen atoms in total. The molecule has 0 aliphatic carbocycles. The number of nitrogens with one attached hydrogen (secondary N) is 2. The van der Waals surface area contributed by atoms with Gasteiger partial charge < -0.3 is 9.47 Å². The molecule has 0 spiro atoms. The van der Waals surface area contributed by atoms with E-state index in [9.17, 15) is 9.59 Å². The fourth-order valence-corrected chi connectivity index (χ4v) is 5.73. The van der Waals surface area contributed by atoms with Gasteiger partial charge in [0.25, 0.3) is 11.1 Å². The summed E-state index contributed by atoms with van der Waals surface area (Å²) in [4.78, 5) is 28.4. The summed E-state index contributed by atoms with van der Waals surface area (Å²) in [5.74, 6) is 0.429. The van der Waals surface area contributed by atoms with Crippen molar-refractivity contribution in [2.24, 2.45) is 0 Å². The summed E-state index contributed by atoms with van der Waals surface area (Å²) < 4.78 is 15.3. The maximum absolute atomic E-state index is 14.2. The summed E-state index contributed by atoms with van der Waals surface area (Å²) >= 11 is 0. The second-order valence-electron chi connectivity index (χ2n) is 11.1. The molecule has 0 aliphatic rings. The summed E-state index contributed by atoms with van der Waals surface area (Å²) in [7, 11) is 0. The zero-order valence-electron chi connectivity index (χ0n) is 25.8. The number of nitrogens with zero attached hydrogens (tertiary/aromatic N) is 2.